The summed E-state index contributed by atoms with van der Waals surface area (Å²) in [6, 6.07) is 1.98. The first-order chi connectivity index (χ1) is 11.6. The third kappa shape index (κ3) is 4.25. The molecule has 0 bridgehead atoms. The maximum absolute atomic E-state index is 12.8. The highest BCUT2D eigenvalue weighted by atomic mass is 19.4. The lowest BCUT2D eigenvalue weighted by atomic mass is 10.2. The number of rotatable bonds is 5. The predicted octanol–water partition coefficient (Wildman–Crippen LogP) is 0.592. The van der Waals surface area contributed by atoms with Gasteiger partial charge in [0.05, 0.1) is 17.8 Å². The topological polar surface area (TPSA) is 113 Å². The van der Waals surface area contributed by atoms with Gasteiger partial charge in [-0.25, -0.2) is 4.98 Å². The van der Waals surface area contributed by atoms with Crippen molar-refractivity contribution in [3.8, 4) is 0 Å². The number of aliphatic carboxylic acids is 1. The van der Waals surface area contributed by atoms with Gasteiger partial charge >= 0.3 is 12.1 Å². The van der Waals surface area contributed by atoms with E-state index in [1.807, 2.05) is 5.32 Å². The molecule has 8 nitrogen and oxygen atoms in total. The van der Waals surface area contributed by atoms with Crippen LogP contribution in [0, 0.1) is 6.92 Å². The summed E-state index contributed by atoms with van der Waals surface area (Å²) in [5.74, 6) is -2.81. The Bertz CT molecular complexity index is 844. The number of aryl methyl sites for hydroxylation is 1. The van der Waals surface area contributed by atoms with Crippen molar-refractivity contribution in [1.82, 2.24) is 20.0 Å². The Kier molecular flexibility index (Phi) is 4.95. The molecular formula is C14H13F3N4O4. The number of imidazole rings is 1. The Balaban J connectivity index is 2.21. The molecule has 2 heterocycles. The minimum atomic E-state index is -4.59. The Morgan fingerprint density at radius 1 is 1.20 bits per heavy atom. The highest BCUT2D eigenvalue weighted by Gasteiger charge is 2.31. The van der Waals surface area contributed by atoms with Gasteiger partial charge in [0, 0.05) is 6.20 Å². The van der Waals surface area contributed by atoms with Crippen LogP contribution in [0.5, 0.6) is 0 Å². The molecule has 0 unspecified atom stereocenters. The number of hydrogen-bond donors (Lipinski definition) is 3. The van der Waals surface area contributed by atoms with Gasteiger partial charge in [0.2, 0.25) is 5.91 Å². The van der Waals surface area contributed by atoms with Crippen molar-refractivity contribution in [3.63, 3.8) is 0 Å². The number of carbonyl (C=O) groups is 3. The van der Waals surface area contributed by atoms with E-state index in [1.165, 1.54) is 6.92 Å². The Morgan fingerprint density at radius 2 is 1.88 bits per heavy atom. The number of pyridine rings is 1. The van der Waals surface area contributed by atoms with E-state index in [4.69, 9.17) is 5.11 Å². The van der Waals surface area contributed by atoms with Gasteiger partial charge in [-0.15, -0.1) is 0 Å². The zero-order valence-electron chi connectivity index (χ0n) is 12.8. The fourth-order valence-electron chi connectivity index (χ4n) is 2.08. The molecular weight excluding hydrogens is 345 g/mol. The molecule has 11 heteroatoms. The van der Waals surface area contributed by atoms with Crippen molar-refractivity contribution in [2.75, 3.05) is 13.1 Å². The average molecular weight is 358 g/mol. The van der Waals surface area contributed by atoms with Crippen molar-refractivity contribution < 1.29 is 32.7 Å². The van der Waals surface area contributed by atoms with Crippen LogP contribution in [0.15, 0.2) is 18.3 Å². The highest BCUT2D eigenvalue weighted by molar-refractivity contribution is 5.97. The zero-order valence-corrected chi connectivity index (χ0v) is 12.8. The standard InChI is InChI=1S/C14H13F3N4O4/c1-7-12(13(25)19-4-10(22)18-5-11(23)24)21-6-8(14(15,16)17)2-3-9(21)20-7/h2-3,6H,4-5H2,1H3,(H,18,22)(H,19,25)(H,23,24). The van der Waals surface area contributed by atoms with Crippen LogP contribution in [0.3, 0.4) is 0 Å². The van der Waals surface area contributed by atoms with Gasteiger partial charge in [0.1, 0.15) is 17.9 Å². The molecule has 2 aromatic heterocycles. The van der Waals surface area contributed by atoms with Crippen LogP contribution in [0.1, 0.15) is 21.7 Å². The fourth-order valence-corrected chi connectivity index (χ4v) is 2.08. The number of alkyl halides is 3. The average Bonchev–Trinajstić information content (AvgIpc) is 2.84. The lowest BCUT2D eigenvalue weighted by Gasteiger charge is -2.09. The van der Waals surface area contributed by atoms with Gasteiger partial charge in [0.25, 0.3) is 5.91 Å². The smallest absolute Gasteiger partial charge is 0.417 e. The number of carboxylic acid groups (broad SMARTS) is 1. The molecule has 0 aliphatic heterocycles. The Labute approximate surface area is 138 Å². The van der Waals surface area contributed by atoms with Gasteiger partial charge in [0.15, 0.2) is 0 Å². The van der Waals surface area contributed by atoms with E-state index in [-0.39, 0.29) is 17.0 Å². The lowest BCUT2D eigenvalue weighted by Crippen LogP contribution is -2.39. The quantitative estimate of drug-likeness (QED) is 0.724. The Morgan fingerprint density at radius 3 is 2.48 bits per heavy atom. The normalized spacial score (nSPS) is 11.4. The molecule has 2 aromatic rings. The summed E-state index contributed by atoms with van der Waals surface area (Å²) < 4.78 is 39.5. The molecule has 25 heavy (non-hydrogen) atoms. The second-order valence-electron chi connectivity index (χ2n) is 5.04. The van der Waals surface area contributed by atoms with Gasteiger partial charge in [-0.05, 0) is 19.1 Å². The molecule has 0 fully saturated rings. The van der Waals surface area contributed by atoms with E-state index in [2.05, 4.69) is 10.3 Å². The van der Waals surface area contributed by atoms with E-state index in [0.29, 0.717) is 0 Å². The third-order valence-corrected chi connectivity index (χ3v) is 3.18. The molecule has 0 saturated heterocycles. The van der Waals surface area contributed by atoms with Crippen molar-refractivity contribution in [3.05, 3.63) is 35.3 Å². The zero-order chi connectivity index (χ0) is 18.8. The van der Waals surface area contributed by atoms with E-state index in [9.17, 15) is 27.6 Å². The monoisotopic (exact) mass is 358 g/mol. The fraction of sp³-hybridized carbons (Fsp3) is 0.286. The van der Waals surface area contributed by atoms with Crippen LogP contribution < -0.4 is 10.6 Å². The molecule has 0 atom stereocenters. The van der Waals surface area contributed by atoms with Crippen LogP contribution in [0.4, 0.5) is 13.2 Å². The number of carboxylic acids is 1. The number of amides is 2. The van der Waals surface area contributed by atoms with Crippen LogP contribution in [0.25, 0.3) is 5.65 Å². The van der Waals surface area contributed by atoms with Crippen LogP contribution in [-0.4, -0.2) is 45.4 Å². The number of fused-ring (bicyclic) bond motifs is 1. The van der Waals surface area contributed by atoms with Crippen LogP contribution >= 0.6 is 0 Å². The van der Waals surface area contributed by atoms with Crippen molar-refractivity contribution in [1.29, 1.82) is 0 Å². The summed E-state index contributed by atoms with van der Waals surface area (Å²) in [5, 5.41) is 12.7. The summed E-state index contributed by atoms with van der Waals surface area (Å²) in [5.41, 5.74) is -0.772. The van der Waals surface area contributed by atoms with Gasteiger partial charge < -0.3 is 15.7 Å². The van der Waals surface area contributed by atoms with E-state index < -0.39 is 42.6 Å². The summed E-state index contributed by atoms with van der Waals surface area (Å²) in [6.45, 7) is 0.301. The minimum Gasteiger partial charge on any atom is -0.480 e. The number of carbonyl (C=O) groups excluding carboxylic acids is 2. The summed E-state index contributed by atoms with van der Waals surface area (Å²) in [4.78, 5) is 37.9. The van der Waals surface area contributed by atoms with Crippen LogP contribution in [0.2, 0.25) is 0 Å². The first kappa shape index (κ1) is 18.2. The summed E-state index contributed by atoms with van der Waals surface area (Å²) in [7, 11) is 0. The van der Waals surface area contributed by atoms with Crippen molar-refractivity contribution in [2.45, 2.75) is 13.1 Å². The first-order valence-corrected chi connectivity index (χ1v) is 6.92. The SMILES string of the molecule is Cc1nc2ccc(C(F)(F)F)cn2c1C(=O)NCC(=O)NCC(=O)O. The number of aromatic nitrogens is 2. The third-order valence-electron chi connectivity index (χ3n) is 3.18. The second kappa shape index (κ2) is 6.79. The molecule has 2 rings (SSSR count). The van der Waals surface area contributed by atoms with E-state index >= 15 is 0 Å². The maximum atomic E-state index is 12.8. The molecule has 0 aliphatic carbocycles. The van der Waals surface area contributed by atoms with Crippen molar-refractivity contribution >= 4 is 23.4 Å². The molecule has 0 radical (unpaired) electrons. The summed E-state index contributed by atoms with van der Waals surface area (Å²) >= 11 is 0. The van der Waals surface area contributed by atoms with Gasteiger partial charge in [-0.2, -0.15) is 13.2 Å². The van der Waals surface area contributed by atoms with Crippen LogP contribution in [-0.2, 0) is 15.8 Å². The molecule has 134 valence electrons. The van der Waals surface area contributed by atoms with Gasteiger partial charge in [-0.3, -0.25) is 18.8 Å². The number of hydrogen-bond acceptors (Lipinski definition) is 4. The Hall–Kier alpha value is -3.11. The molecule has 0 spiro atoms. The minimum absolute atomic E-state index is 0.144. The number of nitrogens with zero attached hydrogens (tertiary/aromatic N) is 2. The van der Waals surface area contributed by atoms with E-state index in [1.54, 1.807) is 0 Å². The first-order valence-electron chi connectivity index (χ1n) is 6.92. The van der Waals surface area contributed by atoms with E-state index in [0.717, 1.165) is 22.7 Å². The number of halogens is 3. The van der Waals surface area contributed by atoms with Crippen molar-refractivity contribution in [2.24, 2.45) is 0 Å². The molecule has 2 amide bonds. The maximum Gasteiger partial charge on any atom is 0.417 e. The second-order valence-corrected chi connectivity index (χ2v) is 5.04. The lowest BCUT2D eigenvalue weighted by molar-refractivity contribution is -0.138. The number of nitrogens with one attached hydrogen (secondary N) is 2. The highest BCUT2D eigenvalue weighted by Crippen LogP contribution is 2.29. The molecule has 0 aromatic carbocycles. The molecule has 0 saturated carbocycles. The largest absolute Gasteiger partial charge is 0.480 e. The molecule has 0 aliphatic rings. The molecule has 3 N–H and O–H groups in total. The summed E-state index contributed by atoms with van der Waals surface area (Å²) in [6.07, 6.45) is -3.84. The predicted molar refractivity (Wildman–Crippen MR) is 77.9 cm³/mol. The van der Waals surface area contributed by atoms with Gasteiger partial charge in [-0.1, -0.05) is 0 Å².